The third-order valence-electron chi connectivity index (χ3n) is 2.26. The molecule has 0 saturated carbocycles. The van der Waals surface area contributed by atoms with Gasteiger partial charge in [0.25, 0.3) is 0 Å². The average molecular weight is 142 g/mol. The van der Waals surface area contributed by atoms with Crippen molar-refractivity contribution in [3.05, 3.63) is 0 Å². The quantitative estimate of drug-likeness (QED) is 0.595. The van der Waals surface area contributed by atoms with Gasteiger partial charge in [0.05, 0.1) is 6.17 Å². The van der Waals surface area contributed by atoms with Crippen LogP contribution < -0.4 is 5.73 Å². The monoisotopic (exact) mass is 142 g/mol. The van der Waals surface area contributed by atoms with Crippen LogP contribution in [-0.4, -0.2) is 23.7 Å². The van der Waals surface area contributed by atoms with Crippen molar-refractivity contribution in [2.24, 2.45) is 5.73 Å². The molecule has 0 radical (unpaired) electrons. The zero-order valence-corrected chi connectivity index (χ0v) is 7.01. The summed E-state index contributed by atoms with van der Waals surface area (Å²) < 4.78 is 0. The number of likely N-dealkylation sites (tertiary alicyclic amines) is 1. The minimum Gasteiger partial charge on any atom is -0.316 e. The Morgan fingerprint density at radius 1 is 1.40 bits per heavy atom. The molecule has 0 unspecified atom stereocenters. The minimum atomic E-state index is 0.328. The van der Waals surface area contributed by atoms with E-state index in [1.807, 2.05) is 0 Å². The second-order valence-corrected chi connectivity index (χ2v) is 3.39. The van der Waals surface area contributed by atoms with E-state index in [2.05, 4.69) is 18.7 Å². The predicted molar refractivity (Wildman–Crippen MR) is 43.7 cm³/mol. The van der Waals surface area contributed by atoms with Crippen LogP contribution in [0.3, 0.4) is 0 Å². The molecule has 1 atom stereocenters. The third kappa shape index (κ3) is 1.70. The first-order valence-electron chi connectivity index (χ1n) is 4.23. The van der Waals surface area contributed by atoms with Crippen molar-refractivity contribution >= 4 is 0 Å². The molecule has 0 spiro atoms. The van der Waals surface area contributed by atoms with Crippen LogP contribution in [0.4, 0.5) is 0 Å². The van der Waals surface area contributed by atoms with Crippen molar-refractivity contribution in [2.75, 3.05) is 6.54 Å². The Bertz CT molecular complexity index is 101. The fourth-order valence-corrected chi connectivity index (χ4v) is 1.62. The summed E-state index contributed by atoms with van der Waals surface area (Å²) in [6.45, 7) is 5.62. The molecule has 2 nitrogen and oxygen atoms in total. The highest BCUT2D eigenvalue weighted by Gasteiger charge is 2.20. The standard InChI is InChI=1S/C8H18N2/c1-7(2)10-6-4-3-5-8(10)9/h7-8H,3-6,9H2,1-2H3/t8-/m1/s1. The largest absolute Gasteiger partial charge is 0.316 e. The van der Waals surface area contributed by atoms with Gasteiger partial charge in [-0.1, -0.05) is 0 Å². The average Bonchev–Trinajstić information content (AvgIpc) is 1.88. The van der Waals surface area contributed by atoms with Crippen molar-refractivity contribution in [3.63, 3.8) is 0 Å². The molecule has 60 valence electrons. The summed E-state index contributed by atoms with van der Waals surface area (Å²) in [6.07, 6.45) is 4.14. The molecule has 2 N–H and O–H groups in total. The molecule has 1 saturated heterocycles. The third-order valence-corrected chi connectivity index (χ3v) is 2.26. The topological polar surface area (TPSA) is 29.3 Å². The fraction of sp³-hybridized carbons (Fsp3) is 1.00. The first-order valence-corrected chi connectivity index (χ1v) is 4.23. The second-order valence-electron chi connectivity index (χ2n) is 3.39. The van der Waals surface area contributed by atoms with Crippen LogP contribution in [0.25, 0.3) is 0 Å². The zero-order valence-electron chi connectivity index (χ0n) is 7.01. The Kier molecular flexibility index (Phi) is 2.69. The Morgan fingerprint density at radius 3 is 2.50 bits per heavy atom. The van der Waals surface area contributed by atoms with Crippen LogP contribution in [0.1, 0.15) is 33.1 Å². The molecule has 0 aliphatic carbocycles. The van der Waals surface area contributed by atoms with Gasteiger partial charge in [0.15, 0.2) is 0 Å². The normalized spacial score (nSPS) is 29.4. The highest BCUT2D eigenvalue weighted by atomic mass is 15.2. The first kappa shape index (κ1) is 8.02. The maximum Gasteiger partial charge on any atom is 0.0574 e. The maximum atomic E-state index is 5.91. The smallest absolute Gasteiger partial charge is 0.0574 e. The second kappa shape index (κ2) is 3.35. The zero-order chi connectivity index (χ0) is 7.56. The summed E-state index contributed by atoms with van der Waals surface area (Å²) in [5.74, 6) is 0. The lowest BCUT2D eigenvalue weighted by Gasteiger charge is -2.36. The fourth-order valence-electron chi connectivity index (χ4n) is 1.62. The molecule has 1 fully saturated rings. The number of hydrogen-bond acceptors (Lipinski definition) is 2. The molecule has 1 aliphatic heterocycles. The van der Waals surface area contributed by atoms with Crippen molar-refractivity contribution in [3.8, 4) is 0 Å². The van der Waals surface area contributed by atoms with E-state index >= 15 is 0 Å². The Morgan fingerprint density at radius 2 is 2.10 bits per heavy atom. The molecule has 0 amide bonds. The predicted octanol–water partition coefficient (Wildman–Crippen LogP) is 1.17. The van der Waals surface area contributed by atoms with Gasteiger partial charge in [-0.05, 0) is 39.7 Å². The molecule has 1 rings (SSSR count). The molecule has 0 bridgehead atoms. The number of rotatable bonds is 1. The van der Waals surface area contributed by atoms with Gasteiger partial charge >= 0.3 is 0 Å². The SMILES string of the molecule is CC(C)N1CCCC[C@@H]1N. The molecular weight excluding hydrogens is 124 g/mol. The van der Waals surface area contributed by atoms with Gasteiger partial charge in [0.2, 0.25) is 0 Å². The molecule has 0 aromatic rings. The number of nitrogens with two attached hydrogens (primary N) is 1. The molecule has 1 heterocycles. The van der Waals surface area contributed by atoms with Crippen LogP contribution in [0.15, 0.2) is 0 Å². The van der Waals surface area contributed by atoms with Crippen LogP contribution in [0.5, 0.6) is 0 Å². The maximum absolute atomic E-state index is 5.91. The minimum absolute atomic E-state index is 0.328. The van der Waals surface area contributed by atoms with Gasteiger partial charge in [-0.2, -0.15) is 0 Å². The van der Waals surface area contributed by atoms with Crippen LogP contribution in [-0.2, 0) is 0 Å². The first-order chi connectivity index (χ1) is 4.72. The Labute approximate surface area is 63.4 Å². The molecule has 0 aromatic heterocycles. The van der Waals surface area contributed by atoms with Crippen LogP contribution in [0, 0.1) is 0 Å². The van der Waals surface area contributed by atoms with E-state index < -0.39 is 0 Å². The van der Waals surface area contributed by atoms with E-state index in [1.54, 1.807) is 0 Å². The molecule has 2 heteroatoms. The van der Waals surface area contributed by atoms with Crippen molar-refractivity contribution < 1.29 is 0 Å². The summed E-state index contributed by atoms with van der Waals surface area (Å²) in [4.78, 5) is 2.38. The lowest BCUT2D eigenvalue weighted by atomic mass is 10.1. The van der Waals surface area contributed by atoms with E-state index in [4.69, 9.17) is 5.73 Å². The number of hydrogen-bond donors (Lipinski definition) is 1. The van der Waals surface area contributed by atoms with E-state index in [0.717, 1.165) is 0 Å². The van der Waals surface area contributed by atoms with Crippen LogP contribution in [0.2, 0.25) is 0 Å². The van der Waals surface area contributed by atoms with Gasteiger partial charge in [0, 0.05) is 6.04 Å². The summed E-state index contributed by atoms with van der Waals surface area (Å²) in [6, 6.07) is 0.621. The molecular formula is C8H18N2. The summed E-state index contributed by atoms with van der Waals surface area (Å²) in [5, 5.41) is 0. The molecule has 1 aliphatic rings. The van der Waals surface area contributed by atoms with Crippen molar-refractivity contribution in [1.29, 1.82) is 0 Å². The van der Waals surface area contributed by atoms with E-state index in [0.29, 0.717) is 12.2 Å². The van der Waals surface area contributed by atoms with Gasteiger partial charge < -0.3 is 5.73 Å². The molecule has 10 heavy (non-hydrogen) atoms. The summed E-state index contributed by atoms with van der Waals surface area (Å²) in [5.41, 5.74) is 5.91. The van der Waals surface area contributed by atoms with E-state index in [9.17, 15) is 0 Å². The number of nitrogens with zero attached hydrogens (tertiary/aromatic N) is 1. The lowest BCUT2D eigenvalue weighted by molar-refractivity contribution is 0.116. The van der Waals surface area contributed by atoms with Crippen LogP contribution >= 0.6 is 0 Å². The van der Waals surface area contributed by atoms with Crippen molar-refractivity contribution in [2.45, 2.75) is 45.3 Å². The highest BCUT2D eigenvalue weighted by molar-refractivity contribution is 4.74. The van der Waals surface area contributed by atoms with Crippen molar-refractivity contribution in [1.82, 2.24) is 4.90 Å². The molecule has 0 aromatic carbocycles. The Hall–Kier alpha value is -0.0800. The van der Waals surface area contributed by atoms with Gasteiger partial charge in [-0.3, -0.25) is 4.90 Å². The lowest BCUT2D eigenvalue weighted by Crippen LogP contribution is -2.48. The van der Waals surface area contributed by atoms with E-state index in [1.165, 1.54) is 25.8 Å². The highest BCUT2D eigenvalue weighted by Crippen LogP contribution is 2.15. The van der Waals surface area contributed by atoms with Gasteiger partial charge in [-0.15, -0.1) is 0 Å². The number of piperidine rings is 1. The van der Waals surface area contributed by atoms with Gasteiger partial charge in [-0.25, -0.2) is 0 Å². The van der Waals surface area contributed by atoms with Gasteiger partial charge in [0.1, 0.15) is 0 Å². The Balaban J connectivity index is 2.40. The summed E-state index contributed by atoms with van der Waals surface area (Å²) >= 11 is 0. The summed E-state index contributed by atoms with van der Waals surface area (Å²) in [7, 11) is 0. The van der Waals surface area contributed by atoms with E-state index in [-0.39, 0.29) is 0 Å².